The van der Waals surface area contributed by atoms with Crippen LogP contribution in [0.15, 0.2) is 30.3 Å². The first-order valence-electron chi connectivity index (χ1n) is 6.58. The highest BCUT2D eigenvalue weighted by Gasteiger charge is 2.13. The number of nitrogens with two attached hydrogens (primary N) is 1. The van der Waals surface area contributed by atoms with Gasteiger partial charge in [0.25, 0.3) is 0 Å². The monoisotopic (exact) mass is 243 g/mol. The van der Waals surface area contributed by atoms with E-state index in [2.05, 4.69) is 48.8 Å². The maximum Gasteiger partial charge on any atom is 0.0743 e. The Morgan fingerprint density at radius 2 is 1.83 bits per heavy atom. The second kappa shape index (κ2) is 5.25. The Hall–Kier alpha value is -1.77. The number of hydrogen-bond acceptors (Lipinski definition) is 2. The summed E-state index contributed by atoms with van der Waals surface area (Å²) in [6, 6.07) is 10.5. The largest absolute Gasteiger partial charge is 0.399 e. The van der Waals surface area contributed by atoms with Gasteiger partial charge in [0, 0.05) is 11.4 Å². The van der Waals surface area contributed by atoms with E-state index in [9.17, 15) is 0 Å². The smallest absolute Gasteiger partial charge is 0.0743 e. The molecule has 2 aromatic rings. The quantitative estimate of drug-likeness (QED) is 0.838. The molecule has 0 radical (unpaired) electrons. The summed E-state index contributed by atoms with van der Waals surface area (Å²) in [6.07, 6.45) is 1.99. The number of aromatic nitrogens is 2. The fourth-order valence-electron chi connectivity index (χ4n) is 2.18. The molecular formula is C15H21N3. The highest BCUT2D eigenvalue weighted by atomic mass is 15.3. The first kappa shape index (κ1) is 12.7. The summed E-state index contributed by atoms with van der Waals surface area (Å²) in [5.74, 6) is 0. The molecule has 96 valence electrons. The maximum absolute atomic E-state index is 5.72. The second-order valence-corrected chi connectivity index (χ2v) is 4.62. The van der Waals surface area contributed by atoms with Gasteiger partial charge in [-0.1, -0.05) is 26.0 Å². The van der Waals surface area contributed by atoms with Crippen molar-refractivity contribution in [3.8, 4) is 0 Å². The Labute approximate surface area is 109 Å². The van der Waals surface area contributed by atoms with Crippen LogP contribution in [0.4, 0.5) is 5.69 Å². The lowest BCUT2D eigenvalue weighted by atomic mass is 10.1. The fraction of sp³-hybridized carbons (Fsp3) is 0.400. The van der Waals surface area contributed by atoms with Gasteiger partial charge < -0.3 is 5.73 Å². The van der Waals surface area contributed by atoms with Gasteiger partial charge in [-0.25, -0.2) is 0 Å². The molecule has 0 amide bonds. The second-order valence-electron chi connectivity index (χ2n) is 4.62. The maximum atomic E-state index is 5.72. The molecule has 2 rings (SSSR count). The lowest BCUT2D eigenvalue weighted by Crippen LogP contribution is -2.11. The number of rotatable bonds is 4. The van der Waals surface area contributed by atoms with Crippen LogP contribution in [0.5, 0.6) is 0 Å². The SMILES string of the molecule is CCc1cc(CC)n(C(C)c2ccc(N)cc2)n1. The normalized spacial score (nSPS) is 12.6. The molecule has 1 unspecified atom stereocenters. The van der Waals surface area contributed by atoms with Gasteiger partial charge in [-0.3, -0.25) is 4.68 Å². The Bertz CT molecular complexity index is 511. The van der Waals surface area contributed by atoms with Crippen molar-refractivity contribution < 1.29 is 0 Å². The first-order chi connectivity index (χ1) is 8.65. The van der Waals surface area contributed by atoms with Crippen LogP contribution in [0.1, 0.15) is 43.8 Å². The summed E-state index contributed by atoms with van der Waals surface area (Å²) < 4.78 is 2.13. The lowest BCUT2D eigenvalue weighted by molar-refractivity contribution is 0.536. The molecule has 0 saturated heterocycles. The minimum Gasteiger partial charge on any atom is -0.399 e. The molecule has 0 bridgehead atoms. The molecule has 0 saturated carbocycles. The number of hydrogen-bond donors (Lipinski definition) is 1. The van der Waals surface area contributed by atoms with E-state index in [1.54, 1.807) is 0 Å². The van der Waals surface area contributed by atoms with Crippen molar-refractivity contribution in [1.29, 1.82) is 0 Å². The lowest BCUT2D eigenvalue weighted by Gasteiger charge is -2.15. The zero-order valence-corrected chi connectivity index (χ0v) is 11.4. The van der Waals surface area contributed by atoms with Crippen LogP contribution in [0.3, 0.4) is 0 Å². The van der Waals surface area contributed by atoms with E-state index in [-0.39, 0.29) is 6.04 Å². The summed E-state index contributed by atoms with van der Waals surface area (Å²) in [4.78, 5) is 0. The molecule has 2 N–H and O–H groups in total. The molecule has 3 heteroatoms. The summed E-state index contributed by atoms with van der Waals surface area (Å²) in [7, 11) is 0. The average molecular weight is 243 g/mol. The van der Waals surface area contributed by atoms with Crippen molar-refractivity contribution in [1.82, 2.24) is 9.78 Å². The zero-order valence-electron chi connectivity index (χ0n) is 11.4. The van der Waals surface area contributed by atoms with E-state index in [4.69, 9.17) is 5.73 Å². The highest BCUT2D eigenvalue weighted by Crippen LogP contribution is 2.21. The predicted molar refractivity (Wildman–Crippen MR) is 75.7 cm³/mol. The van der Waals surface area contributed by atoms with E-state index in [1.165, 1.54) is 11.3 Å². The molecule has 18 heavy (non-hydrogen) atoms. The summed E-state index contributed by atoms with van der Waals surface area (Å²) in [5.41, 5.74) is 10.2. The molecule has 0 aliphatic heterocycles. The van der Waals surface area contributed by atoms with Crippen LogP contribution in [0, 0.1) is 0 Å². The van der Waals surface area contributed by atoms with E-state index in [1.807, 2.05) is 12.1 Å². The first-order valence-corrected chi connectivity index (χ1v) is 6.58. The molecule has 1 aromatic carbocycles. The predicted octanol–water partition coefficient (Wildman–Crippen LogP) is 3.20. The van der Waals surface area contributed by atoms with Gasteiger partial charge in [0.1, 0.15) is 0 Å². The van der Waals surface area contributed by atoms with Crippen LogP contribution in [0.25, 0.3) is 0 Å². The van der Waals surface area contributed by atoms with Crippen molar-refractivity contribution in [2.75, 3.05) is 5.73 Å². The van der Waals surface area contributed by atoms with Crippen LogP contribution in [-0.4, -0.2) is 9.78 Å². The van der Waals surface area contributed by atoms with Crippen molar-refractivity contribution in [2.24, 2.45) is 0 Å². The number of aryl methyl sites for hydroxylation is 2. The Morgan fingerprint density at radius 3 is 2.39 bits per heavy atom. The molecule has 3 nitrogen and oxygen atoms in total. The van der Waals surface area contributed by atoms with Crippen LogP contribution in [-0.2, 0) is 12.8 Å². The third-order valence-corrected chi connectivity index (χ3v) is 3.37. The van der Waals surface area contributed by atoms with Gasteiger partial charge in [-0.15, -0.1) is 0 Å². The molecule has 0 spiro atoms. The summed E-state index contributed by atoms with van der Waals surface area (Å²) >= 11 is 0. The summed E-state index contributed by atoms with van der Waals surface area (Å²) in [6.45, 7) is 6.49. The van der Waals surface area contributed by atoms with Gasteiger partial charge in [-0.2, -0.15) is 5.10 Å². The molecule has 1 atom stereocenters. The van der Waals surface area contributed by atoms with Crippen molar-refractivity contribution in [3.05, 3.63) is 47.3 Å². The highest BCUT2D eigenvalue weighted by molar-refractivity contribution is 5.40. The third-order valence-electron chi connectivity index (χ3n) is 3.37. The average Bonchev–Trinajstić information content (AvgIpc) is 2.82. The molecule has 0 aliphatic rings. The fourth-order valence-corrected chi connectivity index (χ4v) is 2.18. The standard InChI is InChI=1S/C15H21N3/c1-4-14-10-15(5-2)18(17-14)11(3)12-6-8-13(16)9-7-12/h6-11H,4-5,16H2,1-3H3. The van der Waals surface area contributed by atoms with Gasteiger partial charge in [0.15, 0.2) is 0 Å². The molecule has 1 heterocycles. The van der Waals surface area contributed by atoms with Crippen LogP contribution in [0.2, 0.25) is 0 Å². The number of nitrogens with zero attached hydrogens (tertiary/aromatic N) is 2. The molecular weight excluding hydrogens is 222 g/mol. The van der Waals surface area contributed by atoms with Crippen LogP contribution >= 0.6 is 0 Å². The van der Waals surface area contributed by atoms with Crippen molar-refractivity contribution in [3.63, 3.8) is 0 Å². The number of nitrogen functional groups attached to an aromatic ring is 1. The molecule has 0 fully saturated rings. The van der Waals surface area contributed by atoms with E-state index < -0.39 is 0 Å². The molecule has 0 aliphatic carbocycles. The zero-order chi connectivity index (χ0) is 13.1. The van der Waals surface area contributed by atoms with Crippen molar-refractivity contribution in [2.45, 2.75) is 39.7 Å². The Kier molecular flexibility index (Phi) is 3.70. The van der Waals surface area contributed by atoms with E-state index in [0.29, 0.717) is 0 Å². The minimum atomic E-state index is 0.251. The van der Waals surface area contributed by atoms with E-state index >= 15 is 0 Å². The van der Waals surface area contributed by atoms with Crippen LogP contribution < -0.4 is 5.73 Å². The van der Waals surface area contributed by atoms with Gasteiger partial charge in [-0.05, 0) is 43.5 Å². The minimum absolute atomic E-state index is 0.251. The van der Waals surface area contributed by atoms with Gasteiger partial charge >= 0.3 is 0 Å². The Balaban J connectivity index is 2.35. The number of benzene rings is 1. The third kappa shape index (κ3) is 2.40. The molecule has 1 aromatic heterocycles. The van der Waals surface area contributed by atoms with Gasteiger partial charge in [0.2, 0.25) is 0 Å². The van der Waals surface area contributed by atoms with Crippen molar-refractivity contribution >= 4 is 5.69 Å². The number of anilines is 1. The van der Waals surface area contributed by atoms with Gasteiger partial charge in [0.05, 0.1) is 11.7 Å². The summed E-state index contributed by atoms with van der Waals surface area (Å²) in [5, 5.41) is 4.68. The van der Waals surface area contributed by atoms with E-state index in [0.717, 1.165) is 24.2 Å². The Morgan fingerprint density at radius 1 is 1.17 bits per heavy atom. The topological polar surface area (TPSA) is 43.8 Å².